The van der Waals surface area contributed by atoms with Crippen LogP contribution in [0.2, 0.25) is 0 Å². The van der Waals surface area contributed by atoms with E-state index in [0.717, 1.165) is 12.2 Å². The van der Waals surface area contributed by atoms with Gasteiger partial charge in [0.1, 0.15) is 5.76 Å². The van der Waals surface area contributed by atoms with Gasteiger partial charge in [0.05, 0.1) is 6.26 Å². The fourth-order valence-corrected chi connectivity index (χ4v) is 0.918. The van der Waals surface area contributed by atoms with Crippen LogP contribution in [-0.2, 0) is 6.42 Å². The van der Waals surface area contributed by atoms with Crippen LogP contribution in [0.3, 0.4) is 0 Å². The summed E-state index contributed by atoms with van der Waals surface area (Å²) in [7, 11) is 0. The zero-order valence-electron chi connectivity index (χ0n) is 5.36. The monoisotopic (exact) mass is 144 g/mol. The van der Waals surface area contributed by atoms with E-state index in [1.54, 1.807) is 6.26 Å². The van der Waals surface area contributed by atoms with Crippen molar-refractivity contribution in [1.82, 2.24) is 0 Å². The predicted octanol–water partition coefficient (Wildman–Crippen LogP) is 2.37. The molecule has 0 atom stereocenters. The van der Waals surface area contributed by atoms with Gasteiger partial charge in [0.2, 0.25) is 0 Å². The fraction of sp³-hybridized carbons (Fsp3) is 0.429. The summed E-state index contributed by atoms with van der Waals surface area (Å²) in [6.45, 7) is 2.02. The Morgan fingerprint density at radius 2 is 2.44 bits per heavy atom. The Morgan fingerprint density at radius 3 is 2.89 bits per heavy atom. The number of halogens is 1. The molecule has 9 heavy (non-hydrogen) atoms. The predicted molar refractivity (Wildman–Crippen MR) is 37.9 cm³/mol. The Morgan fingerprint density at radius 1 is 1.67 bits per heavy atom. The van der Waals surface area contributed by atoms with Gasteiger partial charge in [-0.05, 0) is 18.6 Å². The van der Waals surface area contributed by atoms with E-state index in [-0.39, 0.29) is 0 Å². The van der Waals surface area contributed by atoms with Gasteiger partial charge in [-0.1, -0.05) is 0 Å². The van der Waals surface area contributed by atoms with Crippen LogP contribution in [-0.4, -0.2) is 5.88 Å². The van der Waals surface area contributed by atoms with Gasteiger partial charge >= 0.3 is 0 Å². The van der Waals surface area contributed by atoms with Gasteiger partial charge in [-0.3, -0.25) is 0 Å². The minimum absolute atomic E-state index is 0.633. The molecule has 0 bridgehead atoms. The molecule has 0 saturated heterocycles. The molecule has 0 aliphatic carbocycles. The molecular formula is C7H9ClO. The summed E-state index contributed by atoms with van der Waals surface area (Å²) in [5.74, 6) is 1.64. The van der Waals surface area contributed by atoms with E-state index in [9.17, 15) is 0 Å². The summed E-state index contributed by atoms with van der Waals surface area (Å²) in [6, 6.07) is 1.95. The molecule has 0 aliphatic heterocycles. The first-order valence-electron chi connectivity index (χ1n) is 2.93. The molecule has 1 aromatic heterocycles. The standard InChI is InChI=1S/C7H9ClO/c1-6-3-5-9-7(6)2-4-8/h3,5H,2,4H2,1H3. The number of alkyl halides is 1. The third kappa shape index (κ3) is 1.49. The highest BCUT2D eigenvalue weighted by atomic mass is 35.5. The van der Waals surface area contributed by atoms with Gasteiger partial charge in [-0.25, -0.2) is 0 Å². The van der Waals surface area contributed by atoms with Crippen LogP contribution in [0.1, 0.15) is 11.3 Å². The number of furan rings is 1. The quantitative estimate of drug-likeness (QED) is 0.581. The van der Waals surface area contributed by atoms with Crippen molar-refractivity contribution in [3.8, 4) is 0 Å². The van der Waals surface area contributed by atoms with Crippen molar-refractivity contribution in [2.75, 3.05) is 5.88 Å². The average Bonchev–Trinajstić information content (AvgIpc) is 2.18. The molecule has 0 radical (unpaired) electrons. The Hall–Kier alpha value is -0.430. The Kier molecular flexibility index (Phi) is 2.17. The summed E-state index contributed by atoms with van der Waals surface area (Å²) < 4.78 is 5.12. The minimum atomic E-state index is 0.633. The van der Waals surface area contributed by atoms with Crippen LogP contribution in [0.25, 0.3) is 0 Å². The highest BCUT2D eigenvalue weighted by molar-refractivity contribution is 6.17. The first-order valence-corrected chi connectivity index (χ1v) is 3.47. The second-order valence-corrected chi connectivity index (χ2v) is 2.34. The number of aryl methyl sites for hydroxylation is 2. The highest BCUT2D eigenvalue weighted by Gasteiger charge is 1.98. The van der Waals surface area contributed by atoms with Crippen LogP contribution in [0.4, 0.5) is 0 Å². The zero-order valence-corrected chi connectivity index (χ0v) is 6.11. The second-order valence-electron chi connectivity index (χ2n) is 1.97. The maximum absolute atomic E-state index is 5.50. The van der Waals surface area contributed by atoms with Crippen LogP contribution >= 0.6 is 11.6 Å². The molecule has 2 heteroatoms. The number of hydrogen-bond acceptors (Lipinski definition) is 1. The molecule has 1 heterocycles. The molecule has 0 saturated carbocycles. The molecule has 0 aromatic carbocycles. The van der Waals surface area contributed by atoms with Gasteiger partial charge < -0.3 is 4.42 Å². The Bertz CT molecular complexity index is 181. The van der Waals surface area contributed by atoms with E-state index in [4.69, 9.17) is 16.0 Å². The lowest BCUT2D eigenvalue weighted by atomic mass is 10.2. The molecule has 0 spiro atoms. The lowest BCUT2D eigenvalue weighted by molar-refractivity contribution is 0.514. The topological polar surface area (TPSA) is 13.1 Å². The van der Waals surface area contributed by atoms with Gasteiger partial charge in [0.25, 0.3) is 0 Å². The highest BCUT2D eigenvalue weighted by Crippen LogP contribution is 2.09. The van der Waals surface area contributed by atoms with E-state index in [0.29, 0.717) is 5.88 Å². The van der Waals surface area contributed by atoms with Gasteiger partial charge in [0, 0.05) is 12.3 Å². The lowest BCUT2D eigenvalue weighted by Gasteiger charge is -1.90. The van der Waals surface area contributed by atoms with Gasteiger partial charge in [-0.2, -0.15) is 0 Å². The SMILES string of the molecule is Cc1ccoc1CCCl. The van der Waals surface area contributed by atoms with Crippen molar-refractivity contribution in [2.24, 2.45) is 0 Å². The van der Waals surface area contributed by atoms with Crippen molar-refractivity contribution in [2.45, 2.75) is 13.3 Å². The van der Waals surface area contributed by atoms with Crippen LogP contribution < -0.4 is 0 Å². The summed E-state index contributed by atoms with van der Waals surface area (Å²) >= 11 is 5.50. The molecule has 0 N–H and O–H groups in total. The first-order chi connectivity index (χ1) is 4.34. The molecule has 0 fully saturated rings. The van der Waals surface area contributed by atoms with E-state index in [1.165, 1.54) is 5.56 Å². The van der Waals surface area contributed by atoms with Crippen molar-refractivity contribution >= 4 is 11.6 Å². The van der Waals surface area contributed by atoms with Crippen LogP contribution in [0.5, 0.6) is 0 Å². The normalized spacial score (nSPS) is 10.0. The van der Waals surface area contributed by atoms with Gasteiger partial charge in [-0.15, -0.1) is 11.6 Å². The molecule has 1 aromatic rings. The molecule has 1 nitrogen and oxygen atoms in total. The summed E-state index contributed by atoms with van der Waals surface area (Å²) in [6.07, 6.45) is 2.53. The maximum Gasteiger partial charge on any atom is 0.107 e. The zero-order chi connectivity index (χ0) is 6.69. The molecule has 1 rings (SSSR count). The van der Waals surface area contributed by atoms with Crippen molar-refractivity contribution in [3.63, 3.8) is 0 Å². The number of hydrogen-bond donors (Lipinski definition) is 0. The van der Waals surface area contributed by atoms with Crippen molar-refractivity contribution in [1.29, 1.82) is 0 Å². The lowest BCUT2D eigenvalue weighted by Crippen LogP contribution is -1.83. The summed E-state index contributed by atoms with van der Waals surface area (Å²) in [4.78, 5) is 0. The number of rotatable bonds is 2. The van der Waals surface area contributed by atoms with Gasteiger partial charge in [0.15, 0.2) is 0 Å². The molecule has 0 unspecified atom stereocenters. The second kappa shape index (κ2) is 2.92. The smallest absolute Gasteiger partial charge is 0.107 e. The van der Waals surface area contributed by atoms with Crippen molar-refractivity contribution < 1.29 is 4.42 Å². The third-order valence-corrected chi connectivity index (χ3v) is 1.48. The maximum atomic E-state index is 5.50. The summed E-state index contributed by atoms with van der Waals surface area (Å²) in [5, 5.41) is 0. The van der Waals surface area contributed by atoms with E-state index < -0.39 is 0 Å². The largest absolute Gasteiger partial charge is 0.469 e. The van der Waals surface area contributed by atoms with E-state index >= 15 is 0 Å². The molecular weight excluding hydrogens is 136 g/mol. The van der Waals surface area contributed by atoms with Crippen LogP contribution in [0, 0.1) is 6.92 Å². The fourth-order valence-electron chi connectivity index (χ4n) is 0.746. The Labute approximate surface area is 59.6 Å². The first kappa shape index (κ1) is 6.69. The average molecular weight is 145 g/mol. The summed E-state index contributed by atoms with van der Waals surface area (Å²) in [5.41, 5.74) is 1.19. The third-order valence-electron chi connectivity index (χ3n) is 1.29. The molecule has 0 amide bonds. The Balaban J connectivity index is 2.69. The molecule has 0 aliphatic rings. The van der Waals surface area contributed by atoms with E-state index in [1.807, 2.05) is 13.0 Å². The minimum Gasteiger partial charge on any atom is -0.469 e. The van der Waals surface area contributed by atoms with Crippen LogP contribution in [0.15, 0.2) is 16.7 Å². The van der Waals surface area contributed by atoms with E-state index in [2.05, 4.69) is 0 Å². The molecule has 50 valence electrons. The van der Waals surface area contributed by atoms with Crippen molar-refractivity contribution in [3.05, 3.63) is 23.7 Å².